The Labute approximate surface area is 165 Å². The Morgan fingerprint density at radius 3 is 2.67 bits per heavy atom. The Hall–Kier alpha value is -1.90. The van der Waals surface area contributed by atoms with E-state index in [1.807, 2.05) is 0 Å². The normalized spacial score (nSPS) is 23.0. The van der Waals surface area contributed by atoms with E-state index in [4.69, 9.17) is 4.98 Å². The molecule has 0 saturated carbocycles. The molecule has 3 heterocycles. The molecule has 0 radical (unpaired) electrons. The van der Waals surface area contributed by atoms with Crippen molar-refractivity contribution in [2.75, 3.05) is 26.2 Å². The van der Waals surface area contributed by atoms with E-state index in [0.717, 1.165) is 37.6 Å². The summed E-state index contributed by atoms with van der Waals surface area (Å²) < 4.78 is 0. The van der Waals surface area contributed by atoms with Gasteiger partial charge in [0.15, 0.2) is 0 Å². The molecular weight excluding hydrogens is 368 g/mol. The Kier molecular flexibility index (Phi) is 7.41. The number of H-pyrrole nitrogens is 1. The van der Waals surface area contributed by atoms with E-state index in [2.05, 4.69) is 47.0 Å². The molecular formula is C18H29ClN6O2. The molecule has 27 heavy (non-hydrogen) atoms. The van der Waals surface area contributed by atoms with Crippen LogP contribution in [-0.2, 0) is 9.59 Å². The van der Waals surface area contributed by atoms with Crippen LogP contribution < -0.4 is 21.3 Å². The van der Waals surface area contributed by atoms with Gasteiger partial charge in [0.25, 0.3) is 5.91 Å². The number of halogens is 1. The maximum atomic E-state index is 12.0. The van der Waals surface area contributed by atoms with Gasteiger partial charge in [-0.2, -0.15) is 0 Å². The van der Waals surface area contributed by atoms with Crippen molar-refractivity contribution >= 4 is 30.3 Å². The SMILES string of the molecule is CCC(c1nc(C=C2NC(=O)CNC2=O)c(C(C)C)[nH]1)C1CNCCN1.Cl. The van der Waals surface area contributed by atoms with Crippen molar-refractivity contribution in [3.05, 3.63) is 22.9 Å². The quantitative estimate of drug-likeness (QED) is 0.468. The van der Waals surface area contributed by atoms with E-state index < -0.39 is 0 Å². The zero-order valence-corrected chi connectivity index (χ0v) is 16.8. The van der Waals surface area contributed by atoms with Crippen LogP contribution in [0.1, 0.15) is 56.2 Å². The molecule has 1 aromatic heterocycles. The highest BCUT2D eigenvalue weighted by Gasteiger charge is 2.28. The van der Waals surface area contributed by atoms with Crippen molar-refractivity contribution in [3.8, 4) is 0 Å². The number of amides is 2. The summed E-state index contributed by atoms with van der Waals surface area (Å²) in [5.74, 6) is 0.894. The van der Waals surface area contributed by atoms with Crippen LogP contribution in [0.15, 0.2) is 5.70 Å². The summed E-state index contributed by atoms with van der Waals surface area (Å²) in [6.07, 6.45) is 2.62. The van der Waals surface area contributed by atoms with Crippen LogP contribution in [0.5, 0.6) is 0 Å². The predicted octanol–water partition coefficient (Wildman–Crippen LogP) is 0.597. The van der Waals surface area contributed by atoms with E-state index in [1.54, 1.807) is 6.08 Å². The number of aromatic amines is 1. The number of hydrogen-bond acceptors (Lipinski definition) is 5. The van der Waals surface area contributed by atoms with Gasteiger partial charge >= 0.3 is 0 Å². The third-order valence-electron chi connectivity index (χ3n) is 4.92. The fraction of sp³-hybridized carbons (Fsp3) is 0.611. The van der Waals surface area contributed by atoms with Crippen LogP contribution in [0.3, 0.4) is 0 Å². The number of imidazole rings is 1. The van der Waals surface area contributed by atoms with Crippen LogP contribution in [0.4, 0.5) is 0 Å². The Morgan fingerprint density at radius 2 is 2.04 bits per heavy atom. The molecule has 8 nitrogen and oxygen atoms in total. The number of nitrogens with zero attached hydrogens (tertiary/aromatic N) is 1. The van der Waals surface area contributed by atoms with Gasteiger partial charge in [-0.25, -0.2) is 4.98 Å². The van der Waals surface area contributed by atoms with Crippen LogP contribution in [-0.4, -0.2) is 54.0 Å². The van der Waals surface area contributed by atoms with Crippen LogP contribution in [0, 0.1) is 0 Å². The first-order chi connectivity index (χ1) is 12.5. The lowest BCUT2D eigenvalue weighted by molar-refractivity contribution is -0.127. The molecule has 0 spiro atoms. The van der Waals surface area contributed by atoms with Crippen LogP contribution >= 0.6 is 12.4 Å². The predicted molar refractivity (Wildman–Crippen MR) is 107 cm³/mol. The number of carbonyl (C=O) groups is 2. The highest BCUT2D eigenvalue weighted by Crippen LogP contribution is 2.27. The minimum Gasteiger partial charge on any atom is -0.345 e. The van der Waals surface area contributed by atoms with Gasteiger partial charge in [-0.1, -0.05) is 20.8 Å². The van der Waals surface area contributed by atoms with E-state index in [-0.39, 0.29) is 48.3 Å². The Bertz CT molecular complexity index is 709. The second-order valence-electron chi connectivity index (χ2n) is 7.14. The molecule has 9 heteroatoms. The van der Waals surface area contributed by atoms with E-state index in [1.165, 1.54) is 0 Å². The molecule has 2 fully saturated rings. The topological polar surface area (TPSA) is 111 Å². The molecule has 1 aromatic rings. The van der Waals surface area contributed by atoms with Crippen LogP contribution in [0.25, 0.3) is 6.08 Å². The third-order valence-corrected chi connectivity index (χ3v) is 4.92. The smallest absolute Gasteiger partial charge is 0.268 e. The standard InChI is InChI=1S/C18H28N6O2.ClH/c1-4-11(14-8-19-5-6-20-14)17-23-12(16(24-17)10(2)3)7-13-18(26)21-9-15(25)22-13;/h7,10-11,14,19-20H,4-6,8-9H2,1-3H3,(H,21,26)(H,22,25)(H,23,24);1H. The van der Waals surface area contributed by atoms with Crippen molar-refractivity contribution in [2.45, 2.75) is 45.1 Å². The summed E-state index contributed by atoms with van der Waals surface area (Å²) in [7, 11) is 0. The fourth-order valence-corrected chi connectivity index (χ4v) is 3.52. The lowest BCUT2D eigenvalue weighted by atomic mass is 9.95. The first-order valence-electron chi connectivity index (χ1n) is 9.33. The number of piperazine rings is 2. The van der Waals surface area contributed by atoms with Gasteiger partial charge < -0.3 is 26.3 Å². The molecule has 3 rings (SSSR count). The minimum atomic E-state index is -0.283. The van der Waals surface area contributed by atoms with Gasteiger partial charge in [0, 0.05) is 37.3 Å². The van der Waals surface area contributed by atoms with Crippen molar-refractivity contribution in [1.29, 1.82) is 0 Å². The van der Waals surface area contributed by atoms with Crippen molar-refractivity contribution in [1.82, 2.24) is 31.2 Å². The van der Waals surface area contributed by atoms with Gasteiger partial charge in [-0.05, 0) is 18.4 Å². The zero-order chi connectivity index (χ0) is 18.7. The Morgan fingerprint density at radius 1 is 1.26 bits per heavy atom. The van der Waals surface area contributed by atoms with Crippen LogP contribution in [0.2, 0.25) is 0 Å². The molecule has 2 aliphatic heterocycles. The summed E-state index contributed by atoms with van der Waals surface area (Å²) in [4.78, 5) is 31.9. The third kappa shape index (κ3) is 4.88. The van der Waals surface area contributed by atoms with Gasteiger partial charge in [-0.3, -0.25) is 9.59 Å². The molecule has 0 aromatic carbocycles. The number of rotatable bonds is 5. The molecule has 2 atom stereocenters. The van der Waals surface area contributed by atoms with Gasteiger partial charge in [0.05, 0.1) is 12.2 Å². The monoisotopic (exact) mass is 396 g/mol. The largest absolute Gasteiger partial charge is 0.345 e. The number of carbonyl (C=O) groups excluding carboxylic acids is 2. The van der Waals surface area contributed by atoms with E-state index in [9.17, 15) is 9.59 Å². The highest BCUT2D eigenvalue weighted by atomic mass is 35.5. The second kappa shape index (κ2) is 9.34. The molecule has 150 valence electrons. The van der Waals surface area contributed by atoms with E-state index in [0.29, 0.717) is 11.7 Å². The lowest BCUT2D eigenvalue weighted by Crippen LogP contribution is -2.51. The average Bonchev–Trinajstić information content (AvgIpc) is 3.03. The summed E-state index contributed by atoms with van der Waals surface area (Å²) >= 11 is 0. The fourth-order valence-electron chi connectivity index (χ4n) is 3.52. The van der Waals surface area contributed by atoms with Gasteiger partial charge in [0.2, 0.25) is 5.91 Å². The first-order valence-corrected chi connectivity index (χ1v) is 9.33. The van der Waals surface area contributed by atoms with Crippen molar-refractivity contribution < 1.29 is 9.59 Å². The maximum absolute atomic E-state index is 12.0. The summed E-state index contributed by atoms with van der Waals surface area (Å²) in [6.45, 7) is 9.17. The lowest BCUT2D eigenvalue weighted by Gasteiger charge is -2.30. The number of nitrogens with one attached hydrogen (secondary N) is 5. The summed E-state index contributed by atoms with van der Waals surface area (Å²) in [5, 5.41) is 12.2. The van der Waals surface area contributed by atoms with Gasteiger partial charge in [-0.15, -0.1) is 12.4 Å². The number of aromatic nitrogens is 2. The molecule has 2 unspecified atom stereocenters. The molecule has 2 aliphatic rings. The minimum absolute atomic E-state index is 0. The summed E-state index contributed by atoms with van der Waals surface area (Å²) in [5.41, 5.74) is 1.93. The van der Waals surface area contributed by atoms with Crippen molar-refractivity contribution in [3.63, 3.8) is 0 Å². The number of hydrogen-bond donors (Lipinski definition) is 5. The zero-order valence-electron chi connectivity index (χ0n) is 16.0. The second-order valence-corrected chi connectivity index (χ2v) is 7.14. The van der Waals surface area contributed by atoms with E-state index >= 15 is 0 Å². The molecule has 2 amide bonds. The molecule has 2 saturated heterocycles. The van der Waals surface area contributed by atoms with Gasteiger partial charge in [0.1, 0.15) is 11.5 Å². The molecule has 5 N–H and O–H groups in total. The summed E-state index contributed by atoms with van der Waals surface area (Å²) in [6, 6.07) is 0.318. The first kappa shape index (κ1) is 21.4. The Balaban J connectivity index is 0.00000261. The molecule has 0 bridgehead atoms. The molecule has 0 aliphatic carbocycles. The van der Waals surface area contributed by atoms with Crippen molar-refractivity contribution in [2.24, 2.45) is 0 Å². The maximum Gasteiger partial charge on any atom is 0.268 e. The average molecular weight is 397 g/mol. The highest BCUT2D eigenvalue weighted by molar-refractivity contribution is 6.05.